The van der Waals surface area contributed by atoms with Crippen molar-refractivity contribution in [3.05, 3.63) is 13.3 Å². The van der Waals surface area contributed by atoms with E-state index in [2.05, 4.69) is 6.92 Å². The standard InChI is InChI=1S/C4H7F/c1-2-3-4-5/h2H,1,3-4H2. The largest absolute Gasteiger partial charge is 0.247 e. The minimum atomic E-state index is -0.274. The maximum absolute atomic E-state index is 10.9. The number of halogens is 1. The highest BCUT2D eigenvalue weighted by molar-refractivity contribution is 4.63. The highest BCUT2D eigenvalue weighted by Gasteiger charge is 1.75. The highest BCUT2D eigenvalue weighted by Crippen LogP contribution is 1.80. The fourth-order valence-electron chi connectivity index (χ4n) is 0.0772. The molecule has 0 aromatic heterocycles. The van der Waals surface area contributed by atoms with Crippen LogP contribution in [0.15, 0.2) is 0 Å². The van der Waals surface area contributed by atoms with E-state index in [1.54, 1.807) is 6.42 Å². The molecule has 0 heterocycles. The molecule has 0 bridgehead atoms. The van der Waals surface area contributed by atoms with Crippen molar-refractivity contribution < 1.29 is 4.39 Å². The molecule has 0 spiro atoms. The van der Waals surface area contributed by atoms with Gasteiger partial charge in [-0.1, -0.05) is 6.42 Å². The molecule has 1 heteroatoms. The van der Waals surface area contributed by atoms with Gasteiger partial charge in [0.15, 0.2) is 0 Å². The molecule has 5 heavy (non-hydrogen) atoms. The Labute approximate surface area is 32.0 Å². The second-order valence-electron chi connectivity index (χ2n) is 0.766. The van der Waals surface area contributed by atoms with E-state index in [4.69, 9.17) is 0 Å². The number of rotatable bonds is 2. The Morgan fingerprint density at radius 2 is 2.40 bits per heavy atom. The second-order valence-corrected chi connectivity index (χ2v) is 0.766. The average Bonchev–Trinajstić information content (AvgIpc) is 1.41. The van der Waals surface area contributed by atoms with Crippen molar-refractivity contribution in [3.8, 4) is 0 Å². The first-order valence-corrected chi connectivity index (χ1v) is 1.58. The van der Waals surface area contributed by atoms with Gasteiger partial charge in [-0.2, -0.15) is 0 Å². The third kappa shape index (κ3) is 3.80. The first kappa shape index (κ1) is 4.80. The Morgan fingerprint density at radius 1 is 1.80 bits per heavy atom. The van der Waals surface area contributed by atoms with Crippen LogP contribution < -0.4 is 0 Å². The molecule has 30 valence electrons. The van der Waals surface area contributed by atoms with Crippen molar-refractivity contribution in [1.29, 1.82) is 0 Å². The maximum Gasteiger partial charge on any atom is 0.127 e. The Morgan fingerprint density at radius 3 is 2.40 bits per heavy atom. The van der Waals surface area contributed by atoms with E-state index < -0.39 is 0 Å². The summed E-state index contributed by atoms with van der Waals surface area (Å²) in [6.07, 6.45) is 2.04. The number of alkyl halides is 1. The monoisotopic (exact) mass is 74.1 g/mol. The first-order chi connectivity index (χ1) is 2.41. The van der Waals surface area contributed by atoms with Gasteiger partial charge in [-0.25, -0.2) is 4.39 Å². The molecule has 0 rings (SSSR count). The smallest absolute Gasteiger partial charge is 0.127 e. The van der Waals surface area contributed by atoms with E-state index >= 15 is 0 Å². The molecule has 0 radical (unpaired) electrons. The Balaban J connectivity index is 2.19. The van der Waals surface area contributed by atoms with Crippen molar-refractivity contribution in [2.45, 2.75) is 6.42 Å². The maximum atomic E-state index is 10.9. The predicted octanol–water partition coefficient (Wildman–Crippen LogP) is 1.38. The van der Waals surface area contributed by atoms with Gasteiger partial charge in [0.2, 0.25) is 0 Å². The van der Waals surface area contributed by atoms with Crippen LogP contribution in [0.25, 0.3) is 0 Å². The van der Waals surface area contributed by atoms with Gasteiger partial charge >= 0.3 is 0 Å². The van der Waals surface area contributed by atoms with Gasteiger partial charge in [-0.05, 0) is 0 Å². The fourth-order valence-corrected chi connectivity index (χ4v) is 0.0772. The normalized spacial score (nSPS) is 7.60. The lowest BCUT2D eigenvalue weighted by atomic mass is 10.4. The fraction of sp³-hybridized carbons (Fsp3) is 0.500. The van der Waals surface area contributed by atoms with E-state index in [-0.39, 0.29) is 6.67 Å². The van der Waals surface area contributed by atoms with Crippen LogP contribution in [0.1, 0.15) is 6.42 Å². The van der Waals surface area contributed by atoms with Crippen LogP contribution in [-0.4, -0.2) is 6.67 Å². The quantitative estimate of drug-likeness (QED) is 0.434. The van der Waals surface area contributed by atoms with E-state index in [0.29, 0.717) is 6.42 Å². The van der Waals surface area contributed by atoms with Gasteiger partial charge < -0.3 is 0 Å². The molecule has 0 aliphatic rings. The van der Waals surface area contributed by atoms with Crippen LogP contribution in [0.3, 0.4) is 0 Å². The van der Waals surface area contributed by atoms with Gasteiger partial charge in [0, 0.05) is 0 Å². The van der Waals surface area contributed by atoms with Crippen LogP contribution >= 0.6 is 0 Å². The van der Waals surface area contributed by atoms with Crippen molar-refractivity contribution >= 4 is 0 Å². The summed E-state index contributed by atoms with van der Waals surface area (Å²) < 4.78 is 10.9. The Kier molecular flexibility index (Phi) is 3.65. The molecule has 0 aliphatic carbocycles. The molecule has 0 saturated heterocycles. The third-order valence-corrected chi connectivity index (χ3v) is 0.313. The van der Waals surface area contributed by atoms with Crippen molar-refractivity contribution in [3.63, 3.8) is 0 Å². The minimum Gasteiger partial charge on any atom is -0.247 e. The lowest BCUT2D eigenvalue weighted by Gasteiger charge is -1.73. The molecule has 0 atom stereocenters. The SMILES string of the molecule is [CH2-][CH+]CCF. The van der Waals surface area contributed by atoms with Crippen molar-refractivity contribution in [1.82, 2.24) is 0 Å². The summed E-state index contributed by atoms with van der Waals surface area (Å²) in [5.41, 5.74) is 0. The second kappa shape index (κ2) is 3.80. The van der Waals surface area contributed by atoms with Crippen LogP contribution in [0.2, 0.25) is 0 Å². The van der Waals surface area contributed by atoms with Crippen molar-refractivity contribution in [2.24, 2.45) is 0 Å². The molecule has 0 unspecified atom stereocenters. The van der Waals surface area contributed by atoms with E-state index in [1.807, 2.05) is 0 Å². The molecule has 0 amide bonds. The van der Waals surface area contributed by atoms with Gasteiger partial charge in [0.25, 0.3) is 0 Å². The summed E-state index contributed by atoms with van der Waals surface area (Å²) in [7, 11) is 0. The predicted molar refractivity (Wildman–Crippen MR) is 20.2 cm³/mol. The van der Waals surface area contributed by atoms with Crippen molar-refractivity contribution in [2.75, 3.05) is 6.67 Å². The average molecular weight is 74.1 g/mol. The van der Waals surface area contributed by atoms with Gasteiger partial charge in [-0.15, -0.1) is 6.92 Å². The molecular weight excluding hydrogens is 67.0 g/mol. The summed E-state index contributed by atoms with van der Waals surface area (Å²) in [5, 5.41) is 0. The number of hydrogen-bond donors (Lipinski definition) is 0. The Bertz CT molecular complexity index is 11.1. The lowest BCUT2D eigenvalue weighted by molar-refractivity contribution is 0.495. The topological polar surface area (TPSA) is 0 Å². The molecular formula is C4H7F. The number of hydrogen-bond acceptors (Lipinski definition) is 0. The van der Waals surface area contributed by atoms with Crippen LogP contribution in [0.5, 0.6) is 0 Å². The summed E-state index contributed by atoms with van der Waals surface area (Å²) in [4.78, 5) is 0. The molecule has 0 aliphatic heterocycles. The molecule has 0 aromatic carbocycles. The van der Waals surface area contributed by atoms with Gasteiger partial charge in [0.05, 0.1) is 6.42 Å². The third-order valence-electron chi connectivity index (χ3n) is 0.313. The lowest BCUT2D eigenvalue weighted by Crippen LogP contribution is -1.68. The first-order valence-electron chi connectivity index (χ1n) is 1.58. The van der Waals surface area contributed by atoms with Crippen LogP contribution in [-0.2, 0) is 0 Å². The number of unbranched alkanes of at least 4 members (excludes halogenated alkanes) is 1. The summed E-state index contributed by atoms with van der Waals surface area (Å²) in [6, 6.07) is 0. The van der Waals surface area contributed by atoms with Gasteiger partial charge in [0.1, 0.15) is 6.67 Å². The molecule has 0 fully saturated rings. The zero-order valence-corrected chi connectivity index (χ0v) is 3.08. The molecule has 0 aromatic rings. The zero-order chi connectivity index (χ0) is 4.12. The summed E-state index contributed by atoms with van der Waals surface area (Å²) in [6.45, 7) is 3.04. The highest BCUT2D eigenvalue weighted by atomic mass is 19.1. The Hall–Kier alpha value is -0.200. The molecule has 0 N–H and O–H groups in total. The van der Waals surface area contributed by atoms with E-state index in [1.165, 1.54) is 0 Å². The molecule has 0 nitrogen and oxygen atoms in total. The minimum absolute atomic E-state index is 0.274. The summed E-state index contributed by atoms with van der Waals surface area (Å²) in [5.74, 6) is 0. The molecule has 0 saturated carbocycles. The van der Waals surface area contributed by atoms with E-state index in [0.717, 1.165) is 0 Å². The van der Waals surface area contributed by atoms with E-state index in [9.17, 15) is 4.39 Å². The van der Waals surface area contributed by atoms with Crippen LogP contribution in [0, 0.1) is 13.3 Å². The summed E-state index contributed by atoms with van der Waals surface area (Å²) >= 11 is 0. The zero-order valence-electron chi connectivity index (χ0n) is 3.08. The van der Waals surface area contributed by atoms with Crippen LogP contribution in [0.4, 0.5) is 4.39 Å². The van der Waals surface area contributed by atoms with Gasteiger partial charge in [-0.3, -0.25) is 0 Å².